The minimum atomic E-state index is -1.13. The van der Waals surface area contributed by atoms with Crippen LogP contribution in [-0.2, 0) is 4.74 Å². The monoisotopic (exact) mass is 682 g/mol. The third-order valence-electron chi connectivity index (χ3n) is 8.46. The van der Waals surface area contributed by atoms with Gasteiger partial charge in [-0.3, -0.25) is 0 Å². The Kier molecular flexibility index (Phi) is 13.7. The number of hydrogen-bond donors (Lipinski definition) is 0. The lowest BCUT2D eigenvalue weighted by molar-refractivity contribution is 0.0873. The average molecular weight is 683 g/mol. The molecule has 254 valence electrons. The molecule has 1 aliphatic heterocycles. The third kappa shape index (κ3) is 8.99. The van der Waals surface area contributed by atoms with Gasteiger partial charge in [0.2, 0.25) is 0 Å². The lowest BCUT2D eigenvalue weighted by atomic mass is 9.90. The van der Waals surface area contributed by atoms with Gasteiger partial charge in [0.1, 0.15) is 0 Å². The summed E-state index contributed by atoms with van der Waals surface area (Å²) in [6.45, 7) is 11.6. The maximum atomic E-state index is 12.4. The van der Waals surface area contributed by atoms with Crippen molar-refractivity contribution in [3.63, 3.8) is 0 Å². The molecule has 10 heteroatoms. The molecule has 2 aromatic carbocycles. The zero-order valence-electron chi connectivity index (χ0n) is 28.7. The molecule has 2 aromatic rings. The van der Waals surface area contributed by atoms with Crippen LogP contribution < -0.4 is 0 Å². The molecule has 0 aromatic heterocycles. The molecule has 1 aliphatic carbocycles. The average Bonchev–Trinajstić information content (AvgIpc) is 3.59. The van der Waals surface area contributed by atoms with E-state index in [1.54, 1.807) is 84.7 Å². The van der Waals surface area contributed by atoms with E-state index in [0.717, 1.165) is 16.8 Å². The van der Waals surface area contributed by atoms with Crippen LogP contribution in [0.2, 0.25) is 0 Å². The van der Waals surface area contributed by atoms with Crippen molar-refractivity contribution >= 4 is 17.2 Å². The highest BCUT2D eigenvalue weighted by Gasteiger charge is 2.28. The van der Waals surface area contributed by atoms with E-state index >= 15 is 0 Å². The number of allylic oxidation sites excluding steroid dienone is 13. The summed E-state index contributed by atoms with van der Waals surface area (Å²) in [6, 6.07) is 28.0. The van der Waals surface area contributed by atoms with Crippen LogP contribution in [0.25, 0.3) is 16.0 Å². The maximum Gasteiger partial charge on any atom is 0.409 e. The molecule has 1 saturated heterocycles. The predicted octanol–water partition coefficient (Wildman–Crippen LogP) is 7.79. The number of nitrogens with zero attached hydrogens (tertiary/aromatic N) is 8. The smallest absolute Gasteiger partial charge is 0.409 e. The lowest BCUT2D eigenvalue weighted by Crippen LogP contribution is -2.48. The molecule has 52 heavy (non-hydrogen) atoms. The minimum absolute atomic E-state index is 0.176. The number of carbonyl (C=O) groups is 1. The largest absolute Gasteiger partial charge is 0.450 e. The summed E-state index contributed by atoms with van der Waals surface area (Å²) in [5, 5.41) is 49.3. The molecule has 1 heterocycles. The summed E-state index contributed by atoms with van der Waals surface area (Å²) < 4.78 is 5.20. The first-order valence-corrected chi connectivity index (χ1v) is 16.6. The second-order valence-electron chi connectivity index (χ2n) is 11.5. The topological polar surface area (TPSA) is 156 Å². The fourth-order valence-corrected chi connectivity index (χ4v) is 6.07. The van der Waals surface area contributed by atoms with Crippen LogP contribution >= 0.6 is 0 Å². The van der Waals surface area contributed by atoms with E-state index < -0.39 is 5.92 Å². The standard InChI is InChI=1S/C42H34N8O2/c1-3-52-42(51)50-24-22-49(23-25-50)41-33(16-10-18-35(26-43)39(37(28-45)29-46)31-12-6-4-7-13-31)20-21-34(41)17-11-19-36(27-44)40(38(30-47)48-2)32-14-8-5-9-15-32/h4-19,37H,3,20-25H2,1H3/b17-11+,18-10+,33-16+,36-19+,39-35-,40-38+. The highest BCUT2D eigenvalue weighted by Crippen LogP contribution is 2.36. The van der Waals surface area contributed by atoms with E-state index in [0.29, 0.717) is 55.7 Å². The van der Waals surface area contributed by atoms with Crippen LogP contribution in [0.4, 0.5) is 4.79 Å². The van der Waals surface area contributed by atoms with E-state index in [1.165, 1.54) is 0 Å². The number of rotatable bonds is 10. The van der Waals surface area contributed by atoms with Gasteiger partial charge >= 0.3 is 6.09 Å². The van der Waals surface area contributed by atoms with Gasteiger partial charge < -0.3 is 14.5 Å². The zero-order valence-corrected chi connectivity index (χ0v) is 28.7. The summed E-state index contributed by atoms with van der Waals surface area (Å²) in [4.78, 5) is 19.7. The molecule has 0 N–H and O–H groups in total. The zero-order chi connectivity index (χ0) is 37.3. The van der Waals surface area contributed by atoms with Gasteiger partial charge in [-0.1, -0.05) is 85.0 Å². The van der Waals surface area contributed by atoms with E-state index in [-0.39, 0.29) is 35.1 Å². The van der Waals surface area contributed by atoms with Crippen molar-refractivity contribution < 1.29 is 9.53 Å². The van der Waals surface area contributed by atoms with Gasteiger partial charge in [-0.2, -0.15) is 21.0 Å². The van der Waals surface area contributed by atoms with Crippen molar-refractivity contribution in [1.82, 2.24) is 9.80 Å². The first-order valence-electron chi connectivity index (χ1n) is 16.6. The molecule has 0 radical (unpaired) electrons. The van der Waals surface area contributed by atoms with E-state index in [1.807, 2.05) is 42.5 Å². The normalized spacial score (nSPS) is 16.4. The lowest BCUT2D eigenvalue weighted by Gasteiger charge is -2.37. The summed E-state index contributed by atoms with van der Waals surface area (Å²) >= 11 is 0. The fourth-order valence-electron chi connectivity index (χ4n) is 6.07. The molecule has 10 nitrogen and oxygen atoms in total. The summed E-state index contributed by atoms with van der Waals surface area (Å²) in [7, 11) is 0. The van der Waals surface area contributed by atoms with Gasteiger partial charge in [-0.15, -0.1) is 0 Å². The highest BCUT2D eigenvalue weighted by molar-refractivity contribution is 5.88. The van der Waals surface area contributed by atoms with Gasteiger partial charge in [0, 0.05) is 43.0 Å². The van der Waals surface area contributed by atoms with Crippen LogP contribution in [-0.4, -0.2) is 48.7 Å². The van der Waals surface area contributed by atoms with E-state index in [4.69, 9.17) is 11.3 Å². The Bertz CT molecular complexity index is 2110. The Morgan fingerprint density at radius 1 is 0.885 bits per heavy atom. The Hall–Kier alpha value is -7.37. The van der Waals surface area contributed by atoms with Crippen molar-refractivity contribution in [3.05, 3.63) is 153 Å². The van der Waals surface area contributed by atoms with Gasteiger partial charge in [-0.05, 0) is 54.2 Å². The molecule has 1 fully saturated rings. The number of hydrogen-bond acceptors (Lipinski definition) is 8. The molecule has 0 saturated carbocycles. The van der Waals surface area contributed by atoms with E-state index in [9.17, 15) is 31.1 Å². The first kappa shape index (κ1) is 37.4. The molecular formula is C42H34N8O2. The van der Waals surface area contributed by atoms with Crippen LogP contribution in [0.5, 0.6) is 0 Å². The van der Waals surface area contributed by atoms with Crippen molar-refractivity contribution in [2.45, 2.75) is 19.8 Å². The predicted molar refractivity (Wildman–Crippen MR) is 196 cm³/mol. The highest BCUT2D eigenvalue weighted by atomic mass is 16.6. The van der Waals surface area contributed by atoms with Crippen LogP contribution in [0.3, 0.4) is 0 Å². The molecule has 4 rings (SSSR count). The molecule has 0 spiro atoms. The quantitative estimate of drug-likeness (QED) is 0.140. The molecule has 2 aliphatic rings. The summed E-state index contributed by atoms with van der Waals surface area (Å²) in [5.41, 5.74) is 4.95. The first-order chi connectivity index (χ1) is 25.4. The summed E-state index contributed by atoms with van der Waals surface area (Å²) in [5.74, 6) is -1.13. The van der Waals surface area contributed by atoms with Crippen molar-refractivity contribution in [2.24, 2.45) is 5.92 Å². The van der Waals surface area contributed by atoms with Crippen molar-refractivity contribution in [2.75, 3.05) is 32.8 Å². The Morgan fingerprint density at radius 2 is 1.54 bits per heavy atom. The molecule has 0 bridgehead atoms. The fraction of sp³-hybridized carbons (Fsp3) is 0.214. The van der Waals surface area contributed by atoms with E-state index in [2.05, 4.69) is 21.9 Å². The number of benzene rings is 2. The summed E-state index contributed by atoms with van der Waals surface area (Å²) in [6.07, 6.45) is 11.5. The molecule has 0 atom stereocenters. The minimum Gasteiger partial charge on any atom is -0.450 e. The SMILES string of the molecule is [C-]#[N+]/C(C#N)=C(/C(C#N)=C/C=C/C1=C(N2CCN(C(=O)OCC)CC2)C(=C/C=C/C(C#N)=C(\c2ccccc2)C(C#N)C#N)/CC1)c1ccccc1. The Balaban J connectivity index is 1.76. The number of piperazine rings is 1. The van der Waals surface area contributed by atoms with Gasteiger partial charge in [0.05, 0.1) is 54.7 Å². The van der Waals surface area contributed by atoms with Crippen LogP contribution in [0.1, 0.15) is 30.9 Å². The van der Waals surface area contributed by atoms with Crippen molar-refractivity contribution in [3.8, 4) is 30.3 Å². The van der Waals surface area contributed by atoms with Crippen molar-refractivity contribution in [1.29, 1.82) is 26.3 Å². The second kappa shape index (κ2) is 19.0. The number of ether oxygens (including phenoxy) is 1. The molecule has 1 amide bonds. The van der Waals surface area contributed by atoms with Crippen LogP contribution in [0.15, 0.2) is 131 Å². The van der Waals surface area contributed by atoms with Gasteiger partial charge in [0.25, 0.3) is 5.70 Å². The number of carbonyl (C=O) groups excluding carboxylic acids is 1. The molecule has 0 unspecified atom stereocenters. The Labute approximate surface area is 304 Å². The Morgan fingerprint density at radius 3 is 2.10 bits per heavy atom. The van der Waals surface area contributed by atoms with Gasteiger partial charge in [0.15, 0.2) is 5.92 Å². The third-order valence-corrected chi connectivity index (χ3v) is 8.46. The molecular weight excluding hydrogens is 649 g/mol. The second-order valence-corrected chi connectivity index (χ2v) is 11.5. The van der Waals surface area contributed by atoms with Crippen LogP contribution in [0, 0.1) is 69.1 Å². The maximum absolute atomic E-state index is 12.4. The number of amides is 1. The van der Waals surface area contributed by atoms with Gasteiger partial charge in [-0.25, -0.2) is 14.9 Å². The number of nitriles is 5.